The van der Waals surface area contributed by atoms with Gasteiger partial charge in [0.2, 0.25) is 11.7 Å². The molecule has 6 heteroatoms. The molecule has 0 spiro atoms. The number of para-hydroxylation sites is 1. The first kappa shape index (κ1) is 19.0. The van der Waals surface area contributed by atoms with Gasteiger partial charge in [0.25, 0.3) is 0 Å². The van der Waals surface area contributed by atoms with E-state index in [2.05, 4.69) is 42.3 Å². The summed E-state index contributed by atoms with van der Waals surface area (Å²) in [5, 5.41) is 8.08. The van der Waals surface area contributed by atoms with E-state index in [1.54, 1.807) is 0 Å². The Labute approximate surface area is 165 Å². The molecule has 3 aromatic rings. The largest absolute Gasteiger partial charge is 0.337 e. The van der Waals surface area contributed by atoms with E-state index in [0.717, 1.165) is 22.4 Å². The van der Waals surface area contributed by atoms with Gasteiger partial charge in [0.1, 0.15) is 0 Å². The molecule has 0 amide bonds. The number of benzene rings is 2. The van der Waals surface area contributed by atoms with Crippen LogP contribution in [0.25, 0.3) is 11.4 Å². The van der Waals surface area contributed by atoms with Gasteiger partial charge >= 0.3 is 0 Å². The molecule has 0 fully saturated rings. The van der Waals surface area contributed by atoms with Gasteiger partial charge in [-0.05, 0) is 57.6 Å². The maximum Gasteiger partial charge on any atom is 0.246 e. The van der Waals surface area contributed by atoms with E-state index in [1.165, 1.54) is 0 Å². The molecular weight excluding hydrogens is 356 g/mol. The van der Waals surface area contributed by atoms with E-state index in [0.29, 0.717) is 23.4 Å². The number of anilines is 1. The topological polar surface area (TPSA) is 54.2 Å². The molecule has 0 aliphatic rings. The van der Waals surface area contributed by atoms with E-state index < -0.39 is 0 Å². The monoisotopic (exact) mass is 380 g/mol. The van der Waals surface area contributed by atoms with E-state index >= 15 is 0 Å². The van der Waals surface area contributed by atoms with Crippen molar-refractivity contribution in [1.82, 2.24) is 15.0 Å². The minimum Gasteiger partial charge on any atom is -0.337 e. The molecule has 0 radical (unpaired) electrons. The molecule has 27 heavy (non-hydrogen) atoms. The van der Waals surface area contributed by atoms with Gasteiger partial charge in [-0.15, -0.1) is 0 Å². The smallest absolute Gasteiger partial charge is 0.246 e. The van der Waals surface area contributed by atoms with Crippen LogP contribution in [-0.4, -0.2) is 26.2 Å². The molecule has 1 N–H and O–H groups in total. The second-order valence-corrected chi connectivity index (χ2v) is 7.23. The van der Waals surface area contributed by atoms with Crippen molar-refractivity contribution in [3.8, 4) is 11.4 Å². The molecule has 3 rings (SSSR count). The van der Waals surface area contributed by atoms with E-state index in [1.807, 2.05) is 54.3 Å². The third-order valence-corrected chi connectivity index (χ3v) is 4.66. The Hall–Kier alpha value is -2.73. The molecule has 0 saturated carbocycles. The Morgan fingerprint density at radius 1 is 1.15 bits per heavy atom. The van der Waals surface area contributed by atoms with Crippen LogP contribution < -0.4 is 5.32 Å². The highest BCUT2D eigenvalue weighted by molar-refractivity contribution is 7.80. The summed E-state index contributed by atoms with van der Waals surface area (Å²) >= 11 is 5.63. The first-order chi connectivity index (χ1) is 12.9. The lowest BCUT2D eigenvalue weighted by atomic mass is 10.1. The fourth-order valence-corrected chi connectivity index (χ4v) is 3.14. The van der Waals surface area contributed by atoms with Crippen LogP contribution in [0.3, 0.4) is 0 Å². The van der Waals surface area contributed by atoms with Crippen LogP contribution >= 0.6 is 12.2 Å². The Kier molecular flexibility index (Phi) is 5.86. The number of thiocarbonyl (C=S) groups is 1. The first-order valence-corrected chi connectivity index (χ1v) is 9.37. The number of aryl methyl sites for hydroxylation is 2. The molecule has 0 bridgehead atoms. The molecular formula is C21H24N4OS. The van der Waals surface area contributed by atoms with Crippen LogP contribution in [0.1, 0.15) is 30.9 Å². The summed E-state index contributed by atoms with van der Waals surface area (Å²) in [6.45, 7) is 8.72. The Morgan fingerprint density at radius 2 is 1.93 bits per heavy atom. The number of nitrogens with one attached hydrogen (secondary N) is 1. The summed E-state index contributed by atoms with van der Waals surface area (Å²) in [7, 11) is 0. The Bertz CT molecular complexity index is 935. The molecule has 0 atom stereocenters. The predicted octanol–water partition coefficient (Wildman–Crippen LogP) is 4.96. The van der Waals surface area contributed by atoms with Crippen molar-refractivity contribution in [1.29, 1.82) is 0 Å². The zero-order valence-corrected chi connectivity index (χ0v) is 16.9. The zero-order chi connectivity index (χ0) is 19.4. The molecule has 0 saturated heterocycles. The van der Waals surface area contributed by atoms with Crippen molar-refractivity contribution in [3.05, 3.63) is 65.5 Å². The zero-order valence-electron chi connectivity index (χ0n) is 16.1. The molecule has 0 unspecified atom stereocenters. The third kappa shape index (κ3) is 4.71. The summed E-state index contributed by atoms with van der Waals surface area (Å²) < 4.78 is 5.47. The van der Waals surface area contributed by atoms with Crippen molar-refractivity contribution < 1.29 is 4.52 Å². The Balaban J connectivity index is 1.75. The molecule has 0 aliphatic heterocycles. The van der Waals surface area contributed by atoms with Gasteiger partial charge in [-0.1, -0.05) is 47.1 Å². The third-order valence-electron chi connectivity index (χ3n) is 4.32. The highest BCUT2D eigenvalue weighted by Crippen LogP contribution is 2.19. The number of hydrogen-bond acceptors (Lipinski definition) is 4. The maximum absolute atomic E-state index is 5.63. The summed E-state index contributed by atoms with van der Waals surface area (Å²) in [5.41, 5.74) is 4.25. The summed E-state index contributed by atoms with van der Waals surface area (Å²) in [5.74, 6) is 1.13. The van der Waals surface area contributed by atoms with Crippen LogP contribution in [0.2, 0.25) is 0 Å². The normalized spacial score (nSPS) is 10.9. The lowest BCUT2D eigenvalue weighted by Crippen LogP contribution is -2.39. The van der Waals surface area contributed by atoms with Gasteiger partial charge in [0.15, 0.2) is 5.11 Å². The van der Waals surface area contributed by atoms with Gasteiger partial charge in [0, 0.05) is 17.3 Å². The van der Waals surface area contributed by atoms with Gasteiger partial charge in [0.05, 0.1) is 6.54 Å². The van der Waals surface area contributed by atoms with Crippen LogP contribution in [-0.2, 0) is 6.54 Å². The van der Waals surface area contributed by atoms with Crippen molar-refractivity contribution in [2.75, 3.05) is 5.32 Å². The highest BCUT2D eigenvalue weighted by Gasteiger charge is 2.19. The average molecular weight is 381 g/mol. The SMILES string of the molecule is Cc1cccc(-c2noc(CN(C(=S)Nc3ccccc3C)C(C)C)n2)c1. The number of nitrogens with zero attached hydrogens (tertiary/aromatic N) is 3. The van der Waals surface area contributed by atoms with Crippen LogP contribution in [0.15, 0.2) is 53.1 Å². The van der Waals surface area contributed by atoms with Crippen molar-refractivity contribution in [2.24, 2.45) is 0 Å². The molecule has 2 aromatic carbocycles. The summed E-state index contributed by atoms with van der Waals surface area (Å²) in [6.07, 6.45) is 0. The molecule has 1 aromatic heterocycles. The van der Waals surface area contributed by atoms with Crippen LogP contribution in [0.5, 0.6) is 0 Å². The molecule has 0 aliphatic carbocycles. The predicted molar refractivity (Wildman–Crippen MR) is 113 cm³/mol. The maximum atomic E-state index is 5.63. The molecule has 1 heterocycles. The van der Waals surface area contributed by atoms with Crippen molar-refractivity contribution in [2.45, 2.75) is 40.3 Å². The summed E-state index contributed by atoms with van der Waals surface area (Å²) in [6, 6.07) is 16.3. The minimum absolute atomic E-state index is 0.184. The summed E-state index contributed by atoms with van der Waals surface area (Å²) in [4.78, 5) is 6.58. The second-order valence-electron chi connectivity index (χ2n) is 6.85. The highest BCUT2D eigenvalue weighted by atomic mass is 32.1. The lowest BCUT2D eigenvalue weighted by molar-refractivity contribution is 0.282. The van der Waals surface area contributed by atoms with Gasteiger partial charge in [-0.3, -0.25) is 0 Å². The van der Waals surface area contributed by atoms with Crippen LogP contribution in [0.4, 0.5) is 5.69 Å². The fraction of sp³-hybridized carbons (Fsp3) is 0.286. The van der Waals surface area contributed by atoms with Gasteiger partial charge in [-0.25, -0.2) is 0 Å². The van der Waals surface area contributed by atoms with E-state index in [-0.39, 0.29) is 6.04 Å². The molecule has 5 nitrogen and oxygen atoms in total. The standard InChI is InChI=1S/C21H24N4OS/c1-14(2)25(21(27)22-18-11-6-5-9-16(18)4)13-19-23-20(24-26-19)17-10-7-8-15(3)12-17/h5-12,14H,13H2,1-4H3,(H,22,27). The second kappa shape index (κ2) is 8.31. The van der Waals surface area contributed by atoms with Gasteiger partial charge in [-0.2, -0.15) is 4.98 Å². The van der Waals surface area contributed by atoms with Gasteiger partial charge < -0.3 is 14.7 Å². The fourth-order valence-electron chi connectivity index (χ4n) is 2.76. The number of aromatic nitrogens is 2. The van der Waals surface area contributed by atoms with E-state index in [9.17, 15) is 0 Å². The average Bonchev–Trinajstić information content (AvgIpc) is 3.10. The molecule has 140 valence electrons. The first-order valence-electron chi connectivity index (χ1n) is 8.97. The Morgan fingerprint density at radius 3 is 2.63 bits per heavy atom. The van der Waals surface area contributed by atoms with E-state index in [4.69, 9.17) is 16.7 Å². The van der Waals surface area contributed by atoms with Crippen molar-refractivity contribution >= 4 is 23.0 Å². The number of rotatable bonds is 5. The van der Waals surface area contributed by atoms with Crippen molar-refractivity contribution in [3.63, 3.8) is 0 Å². The minimum atomic E-state index is 0.184. The number of hydrogen-bond donors (Lipinski definition) is 1. The lowest BCUT2D eigenvalue weighted by Gasteiger charge is -2.28. The van der Waals surface area contributed by atoms with Crippen LogP contribution in [0, 0.1) is 13.8 Å². The quantitative estimate of drug-likeness (QED) is 0.631.